The zero-order valence-corrected chi connectivity index (χ0v) is 12.3. The number of benzene rings is 1. The Morgan fingerprint density at radius 3 is 3.00 bits per heavy atom. The lowest BCUT2D eigenvalue weighted by Gasteiger charge is -2.31. The van der Waals surface area contributed by atoms with Gasteiger partial charge in [0, 0.05) is 25.7 Å². The van der Waals surface area contributed by atoms with Gasteiger partial charge in [-0.25, -0.2) is 0 Å². The van der Waals surface area contributed by atoms with E-state index in [-0.39, 0.29) is 24.5 Å². The van der Waals surface area contributed by atoms with Crippen molar-refractivity contribution in [1.29, 1.82) is 0 Å². The van der Waals surface area contributed by atoms with Gasteiger partial charge in [0.15, 0.2) is 6.61 Å². The molecule has 1 saturated heterocycles. The summed E-state index contributed by atoms with van der Waals surface area (Å²) < 4.78 is 10.9. The van der Waals surface area contributed by atoms with Crippen LogP contribution in [0, 0.1) is 0 Å². The van der Waals surface area contributed by atoms with Crippen molar-refractivity contribution in [2.75, 3.05) is 33.4 Å². The van der Waals surface area contributed by atoms with Gasteiger partial charge in [-0.1, -0.05) is 6.07 Å². The molecule has 1 heterocycles. The fourth-order valence-corrected chi connectivity index (χ4v) is 2.15. The van der Waals surface area contributed by atoms with Gasteiger partial charge in [-0.05, 0) is 25.1 Å². The average Bonchev–Trinajstić information content (AvgIpc) is 2.52. The number of hydrogen-bond donors (Lipinski definition) is 1. The molecule has 6 nitrogen and oxygen atoms in total. The average molecular weight is 292 g/mol. The highest BCUT2D eigenvalue weighted by Gasteiger charge is 2.21. The second-order valence-corrected chi connectivity index (χ2v) is 4.92. The molecule has 0 radical (unpaired) electrons. The summed E-state index contributed by atoms with van der Waals surface area (Å²) in [6, 6.07) is 6.76. The number of carbonyl (C=O) groups is 2. The van der Waals surface area contributed by atoms with Crippen molar-refractivity contribution in [3.63, 3.8) is 0 Å². The maximum Gasteiger partial charge on any atom is 0.260 e. The summed E-state index contributed by atoms with van der Waals surface area (Å²) in [6.07, 6.45) is 0.0549. The number of ether oxygens (including phenoxy) is 2. The molecule has 0 aromatic heterocycles. The lowest BCUT2D eigenvalue weighted by molar-refractivity contribution is -0.140. The zero-order valence-electron chi connectivity index (χ0n) is 12.3. The van der Waals surface area contributed by atoms with Crippen LogP contribution in [0.3, 0.4) is 0 Å². The van der Waals surface area contributed by atoms with Gasteiger partial charge in [-0.15, -0.1) is 0 Å². The maximum absolute atomic E-state index is 12.1. The van der Waals surface area contributed by atoms with Crippen LogP contribution in [-0.4, -0.2) is 56.2 Å². The van der Waals surface area contributed by atoms with E-state index in [0.717, 1.165) is 0 Å². The standard InChI is InChI=1S/C15H20N2O4/c1-11-9-17(6-7-20-11)14(18)10-21-13-5-3-4-12(8-13)15(19)16-2/h3-5,8,11H,6-7,9-10H2,1-2H3,(H,16,19). The molecule has 1 aliphatic rings. The number of nitrogens with zero attached hydrogens (tertiary/aromatic N) is 1. The van der Waals surface area contributed by atoms with Crippen LogP contribution in [0.25, 0.3) is 0 Å². The minimum Gasteiger partial charge on any atom is -0.484 e. The van der Waals surface area contributed by atoms with Crippen molar-refractivity contribution in [3.05, 3.63) is 29.8 Å². The monoisotopic (exact) mass is 292 g/mol. The van der Waals surface area contributed by atoms with E-state index in [2.05, 4.69) is 5.32 Å². The zero-order chi connectivity index (χ0) is 15.2. The molecule has 1 aromatic rings. The lowest BCUT2D eigenvalue weighted by Crippen LogP contribution is -2.46. The van der Waals surface area contributed by atoms with Gasteiger partial charge in [0.1, 0.15) is 5.75 Å². The second kappa shape index (κ2) is 7.08. The smallest absolute Gasteiger partial charge is 0.260 e. The van der Waals surface area contributed by atoms with E-state index in [4.69, 9.17) is 9.47 Å². The molecule has 114 valence electrons. The van der Waals surface area contributed by atoms with Crippen molar-refractivity contribution in [2.45, 2.75) is 13.0 Å². The quantitative estimate of drug-likeness (QED) is 0.886. The van der Waals surface area contributed by atoms with Crippen LogP contribution in [0.4, 0.5) is 0 Å². The number of hydrogen-bond acceptors (Lipinski definition) is 4. The Balaban J connectivity index is 1.90. The van der Waals surface area contributed by atoms with Crippen LogP contribution >= 0.6 is 0 Å². The summed E-state index contributed by atoms with van der Waals surface area (Å²) in [6.45, 7) is 3.63. The highest BCUT2D eigenvalue weighted by molar-refractivity contribution is 5.94. The molecule has 1 aliphatic heterocycles. The van der Waals surface area contributed by atoms with Crippen molar-refractivity contribution < 1.29 is 19.1 Å². The number of carbonyl (C=O) groups excluding carboxylic acids is 2. The molecule has 21 heavy (non-hydrogen) atoms. The molecule has 0 aliphatic carbocycles. The van der Waals surface area contributed by atoms with Crippen LogP contribution in [0.15, 0.2) is 24.3 Å². The van der Waals surface area contributed by atoms with Crippen molar-refractivity contribution in [3.8, 4) is 5.75 Å². The van der Waals surface area contributed by atoms with Gasteiger partial charge in [-0.2, -0.15) is 0 Å². The Morgan fingerprint density at radius 2 is 2.29 bits per heavy atom. The third-order valence-electron chi connectivity index (χ3n) is 3.28. The molecule has 1 unspecified atom stereocenters. The Hall–Kier alpha value is -2.08. The van der Waals surface area contributed by atoms with Gasteiger partial charge < -0.3 is 19.7 Å². The Morgan fingerprint density at radius 1 is 1.48 bits per heavy atom. The summed E-state index contributed by atoms with van der Waals surface area (Å²) in [5.41, 5.74) is 0.502. The number of rotatable bonds is 4. The van der Waals surface area contributed by atoms with E-state index in [9.17, 15) is 9.59 Å². The van der Waals surface area contributed by atoms with Gasteiger partial charge in [0.25, 0.3) is 11.8 Å². The van der Waals surface area contributed by atoms with E-state index in [1.54, 1.807) is 36.2 Å². The summed E-state index contributed by atoms with van der Waals surface area (Å²) in [5, 5.41) is 2.55. The van der Waals surface area contributed by atoms with E-state index < -0.39 is 0 Å². The third-order valence-corrected chi connectivity index (χ3v) is 3.28. The first-order valence-corrected chi connectivity index (χ1v) is 6.94. The molecular formula is C15H20N2O4. The van der Waals surface area contributed by atoms with Gasteiger partial charge in [-0.3, -0.25) is 9.59 Å². The van der Waals surface area contributed by atoms with E-state index in [1.807, 2.05) is 6.92 Å². The Bertz CT molecular complexity index is 518. The molecule has 1 aromatic carbocycles. The van der Waals surface area contributed by atoms with Crippen LogP contribution in [0.1, 0.15) is 17.3 Å². The third kappa shape index (κ3) is 4.19. The molecule has 1 fully saturated rings. The van der Waals surface area contributed by atoms with Crippen LogP contribution < -0.4 is 10.1 Å². The van der Waals surface area contributed by atoms with Crippen LogP contribution in [-0.2, 0) is 9.53 Å². The summed E-state index contributed by atoms with van der Waals surface area (Å²) in [4.78, 5) is 25.3. The predicted molar refractivity (Wildman–Crippen MR) is 77.3 cm³/mol. The first kappa shape index (κ1) is 15.3. The van der Waals surface area contributed by atoms with Crippen molar-refractivity contribution in [1.82, 2.24) is 10.2 Å². The number of amides is 2. The second-order valence-electron chi connectivity index (χ2n) is 4.92. The molecule has 0 spiro atoms. The molecule has 2 amide bonds. The Kier molecular flexibility index (Phi) is 5.16. The molecule has 6 heteroatoms. The van der Waals surface area contributed by atoms with E-state index >= 15 is 0 Å². The normalized spacial score (nSPS) is 18.2. The lowest BCUT2D eigenvalue weighted by atomic mass is 10.2. The first-order valence-electron chi connectivity index (χ1n) is 6.94. The summed E-state index contributed by atoms with van der Waals surface area (Å²) in [5.74, 6) is 0.245. The molecule has 2 rings (SSSR count). The number of nitrogens with one attached hydrogen (secondary N) is 1. The van der Waals surface area contributed by atoms with Gasteiger partial charge in [0.05, 0.1) is 12.7 Å². The molecule has 1 atom stereocenters. The maximum atomic E-state index is 12.1. The first-order chi connectivity index (χ1) is 10.1. The SMILES string of the molecule is CNC(=O)c1cccc(OCC(=O)N2CCOC(C)C2)c1. The van der Waals surface area contributed by atoms with Crippen molar-refractivity contribution in [2.24, 2.45) is 0 Å². The molecule has 1 N–H and O–H groups in total. The van der Waals surface area contributed by atoms with Crippen molar-refractivity contribution >= 4 is 11.8 Å². The topological polar surface area (TPSA) is 67.9 Å². The number of morpholine rings is 1. The minimum absolute atomic E-state index is 0.0378. The minimum atomic E-state index is -0.186. The highest BCUT2D eigenvalue weighted by atomic mass is 16.5. The Labute approximate surface area is 124 Å². The largest absolute Gasteiger partial charge is 0.484 e. The fourth-order valence-electron chi connectivity index (χ4n) is 2.15. The fraction of sp³-hybridized carbons (Fsp3) is 0.467. The van der Waals surface area contributed by atoms with Crippen LogP contribution in [0.5, 0.6) is 5.75 Å². The molecule has 0 bridgehead atoms. The predicted octanol–water partition coefficient (Wildman–Crippen LogP) is 0.672. The molecular weight excluding hydrogens is 272 g/mol. The van der Waals surface area contributed by atoms with Crippen LogP contribution in [0.2, 0.25) is 0 Å². The summed E-state index contributed by atoms with van der Waals surface area (Å²) in [7, 11) is 1.57. The van der Waals surface area contributed by atoms with E-state index in [1.165, 1.54) is 0 Å². The summed E-state index contributed by atoms with van der Waals surface area (Å²) >= 11 is 0. The van der Waals surface area contributed by atoms with Gasteiger partial charge >= 0.3 is 0 Å². The van der Waals surface area contributed by atoms with Gasteiger partial charge in [0.2, 0.25) is 0 Å². The van der Waals surface area contributed by atoms with E-state index in [0.29, 0.717) is 31.0 Å². The molecule has 0 saturated carbocycles. The highest BCUT2D eigenvalue weighted by Crippen LogP contribution is 2.14.